The van der Waals surface area contributed by atoms with Gasteiger partial charge < -0.3 is 18.6 Å². The Balaban J connectivity index is 1.46. The number of ketones is 1. The first-order valence-corrected chi connectivity index (χ1v) is 11.2. The van der Waals surface area contributed by atoms with Gasteiger partial charge in [0.2, 0.25) is 5.78 Å². The Bertz CT molecular complexity index is 1180. The average Bonchev–Trinajstić information content (AvgIpc) is 3.48. The maximum absolute atomic E-state index is 13.3. The summed E-state index contributed by atoms with van der Waals surface area (Å²) >= 11 is 0. The van der Waals surface area contributed by atoms with Crippen LogP contribution in [0.5, 0.6) is 0 Å². The third kappa shape index (κ3) is 4.64. The molecule has 1 aliphatic heterocycles. The number of halogens is 1. The standard InChI is InChI=1S/C26H29FN2O4/c1-16-12-23(18(3)28(16)14-22-6-5-11-32-22)25(30)15-33-26(31)24-13-17(2)29(19(24)4)21-9-7-20(27)8-10-21/h7-10,12-13,22H,5-6,11,14-15H2,1-4H3. The van der Waals surface area contributed by atoms with Gasteiger partial charge in [0.1, 0.15) is 5.82 Å². The molecule has 0 radical (unpaired) electrons. The zero-order valence-corrected chi connectivity index (χ0v) is 19.5. The van der Waals surface area contributed by atoms with Crippen molar-refractivity contribution in [3.63, 3.8) is 0 Å². The molecule has 174 valence electrons. The molecule has 1 saturated heterocycles. The summed E-state index contributed by atoms with van der Waals surface area (Å²) in [7, 11) is 0. The lowest BCUT2D eigenvalue weighted by Gasteiger charge is -2.14. The number of ether oxygens (including phenoxy) is 2. The fourth-order valence-electron chi connectivity index (χ4n) is 4.60. The van der Waals surface area contributed by atoms with Crippen LogP contribution in [-0.2, 0) is 16.0 Å². The second kappa shape index (κ2) is 9.35. The highest BCUT2D eigenvalue weighted by Crippen LogP contribution is 2.23. The maximum atomic E-state index is 13.3. The van der Waals surface area contributed by atoms with E-state index in [1.165, 1.54) is 12.1 Å². The Morgan fingerprint density at radius 2 is 1.73 bits per heavy atom. The minimum absolute atomic E-state index is 0.173. The van der Waals surface area contributed by atoms with E-state index in [1.807, 2.05) is 31.4 Å². The predicted molar refractivity (Wildman–Crippen MR) is 123 cm³/mol. The van der Waals surface area contributed by atoms with Crippen LogP contribution in [0.25, 0.3) is 5.69 Å². The number of esters is 1. The van der Waals surface area contributed by atoms with Crippen LogP contribution in [0.15, 0.2) is 36.4 Å². The number of aryl methyl sites for hydroxylation is 2. The third-order valence-electron chi connectivity index (χ3n) is 6.35. The number of Topliss-reactive ketones (excluding diaryl/α,β-unsaturated/α-hetero) is 1. The van der Waals surface area contributed by atoms with E-state index in [2.05, 4.69) is 4.57 Å². The molecule has 2 aromatic heterocycles. The normalized spacial score (nSPS) is 15.7. The van der Waals surface area contributed by atoms with E-state index in [9.17, 15) is 14.0 Å². The summed E-state index contributed by atoms with van der Waals surface area (Å²) in [5, 5.41) is 0. The maximum Gasteiger partial charge on any atom is 0.340 e. The van der Waals surface area contributed by atoms with Crippen molar-refractivity contribution in [2.24, 2.45) is 0 Å². The van der Waals surface area contributed by atoms with Crippen molar-refractivity contribution in [1.29, 1.82) is 0 Å². The fourth-order valence-corrected chi connectivity index (χ4v) is 4.60. The van der Waals surface area contributed by atoms with Crippen molar-refractivity contribution in [3.05, 3.63) is 76.1 Å². The molecule has 1 aromatic carbocycles. The Labute approximate surface area is 192 Å². The number of hydrogen-bond acceptors (Lipinski definition) is 4. The second-order valence-electron chi connectivity index (χ2n) is 8.63. The summed E-state index contributed by atoms with van der Waals surface area (Å²) in [5.74, 6) is -1.12. The van der Waals surface area contributed by atoms with Gasteiger partial charge in [0.15, 0.2) is 6.61 Å². The molecule has 0 saturated carbocycles. The minimum atomic E-state index is -0.557. The summed E-state index contributed by atoms with van der Waals surface area (Å²) in [5.41, 5.74) is 5.03. The Morgan fingerprint density at radius 1 is 1.03 bits per heavy atom. The summed E-state index contributed by atoms with van der Waals surface area (Å²) in [6.45, 7) is 8.72. The van der Waals surface area contributed by atoms with Gasteiger partial charge in [0, 0.05) is 47.2 Å². The first-order chi connectivity index (χ1) is 15.8. The van der Waals surface area contributed by atoms with E-state index in [0.29, 0.717) is 16.8 Å². The van der Waals surface area contributed by atoms with E-state index >= 15 is 0 Å². The lowest BCUT2D eigenvalue weighted by Crippen LogP contribution is -2.18. The SMILES string of the molecule is Cc1cc(C(=O)COC(=O)c2cc(C)n(-c3ccc(F)cc3)c2C)c(C)n1CC1CCCO1. The van der Waals surface area contributed by atoms with Crippen LogP contribution in [-0.4, -0.2) is 40.2 Å². The minimum Gasteiger partial charge on any atom is -0.454 e. The van der Waals surface area contributed by atoms with Crippen molar-refractivity contribution >= 4 is 11.8 Å². The molecule has 7 heteroatoms. The molecule has 33 heavy (non-hydrogen) atoms. The van der Waals surface area contributed by atoms with E-state index < -0.39 is 5.97 Å². The molecule has 1 aliphatic rings. The largest absolute Gasteiger partial charge is 0.454 e. The van der Waals surface area contributed by atoms with Gasteiger partial charge in [-0.1, -0.05) is 0 Å². The van der Waals surface area contributed by atoms with Crippen LogP contribution in [0.4, 0.5) is 4.39 Å². The molecule has 0 aliphatic carbocycles. The highest BCUT2D eigenvalue weighted by atomic mass is 19.1. The summed E-state index contributed by atoms with van der Waals surface area (Å²) in [4.78, 5) is 25.6. The Hall–Kier alpha value is -3.19. The Morgan fingerprint density at radius 3 is 2.39 bits per heavy atom. The number of nitrogens with zero attached hydrogens (tertiary/aromatic N) is 2. The van der Waals surface area contributed by atoms with Crippen LogP contribution < -0.4 is 0 Å². The van der Waals surface area contributed by atoms with Gasteiger partial charge >= 0.3 is 5.97 Å². The van der Waals surface area contributed by atoms with Crippen LogP contribution in [0.1, 0.15) is 56.3 Å². The topological polar surface area (TPSA) is 62.5 Å². The number of carbonyl (C=O) groups excluding carboxylic acids is 2. The van der Waals surface area contributed by atoms with Crippen molar-refractivity contribution < 1.29 is 23.5 Å². The van der Waals surface area contributed by atoms with Gasteiger partial charge in [-0.15, -0.1) is 0 Å². The molecule has 0 amide bonds. The molecule has 1 unspecified atom stereocenters. The summed E-state index contributed by atoms with van der Waals surface area (Å²) in [6, 6.07) is 9.63. The lowest BCUT2D eigenvalue weighted by molar-refractivity contribution is 0.0473. The monoisotopic (exact) mass is 452 g/mol. The lowest BCUT2D eigenvalue weighted by atomic mass is 10.1. The van der Waals surface area contributed by atoms with Gasteiger partial charge in [-0.05, 0) is 76.9 Å². The van der Waals surface area contributed by atoms with E-state index in [4.69, 9.17) is 9.47 Å². The van der Waals surface area contributed by atoms with Gasteiger partial charge in [-0.3, -0.25) is 4.79 Å². The van der Waals surface area contributed by atoms with E-state index in [0.717, 1.165) is 48.8 Å². The zero-order valence-electron chi connectivity index (χ0n) is 19.5. The molecule has 0 bridgehead atoms. The molecule has 6 nitrogen and oxygen atoms in total. The molecule has 3 heterocycles. The number of aromatic nitrogens is 2. The van der Waals surface area contributed by atoms with Gasteiger partial charge in [-0.25, -0.2) is 9.18 Å². The highest BCUT2D eigenvalue weighted by molar-refractivity contribution is 6.00. The average molecular weight is 453 g/mol. The van der Waals surface area contributed by atoms with Gasteiger partial charge in [0.05, 0.1) is 11.7 Å². The number of benzene rings is 1. The van der Waals surface area contributed by atoms with E-state index in [-0.39, 0.29) is 24.3 Å². The fraction of sp³-hybridized carbons (Fsp3) is 0.385. The first-order valence-electron chi connectivity index (χ1n) is 11.2. The molecule has 0 spiro atoms. The van der Waals surface area contributed by atoms with Crippen molar-refractivity contribution in [3.8, 4) is 5.69 Å². The Kier molecular flexibility index (Phi) is 6.51. The first kappa shape index (κ1) is 23.0. The number of carbonyl (C=O) groups is 2. The molecule has 1 fully saturated rings. The molecular formula is C26H29FN2O4. The van der Waals surface area contributed by atoms with Gasteiger partial charge in [0.25, 0.3) is 0 Å². The van der Waals surface area contributed by atoms with Crippen LogP contribution in [0.2, 0.25) is 0 Å². The number of rotatable bonds is 7. The van der Waals surface area contributed by atoms with Gasteiger partial charge in [-0.2, -0.15) is 0 Å². The molecule has 0 N–H and O–H groups in total. The summed E-state index contributed by atoms with van der Waals surface area (Å²) < 4.78 is 28.4. The summed E-state index contributed by atoms with van der Waals surface area (Å²) in [6.07, 6.45) is 2.26. The highest BCUT2D eigenvalue weighted by Gasteiger charge is 2.23. The smallest absolute Gasteiger partial charge is 0.340 e. The molecule has 4 rings (SSSR count). The quantitative estimate of drug-likeness (QED) is 0.379. The predicted octanol–water partition coefficient (Wildman–Crippen LogP) is 4.87. The second-order valence-corrected chi connectivity index (χ2v) is 8.63. The van der Waals surface area contributed by atoms with Crippen molar-refractivity contribution in [1.82, 2.24) is 9.13 Å². The van der Waals surface area contributed by atoms with E-state index in [1.54, 1.807) is 25.1 Å². The molecule has 1 atom stereocenters. The van der Waals surface area contributed by atoms with Crippen LogP contribution >= 0.6 is 0 Å². The van der Waals surface area contributed by atoms with Crippen molar-refractivity contribution in [2.45, 2.75) is 53.2 Å². The number of hydrogen-bond donors (Lipinski definition) is 0. The van der Waals surface area contributed by atoms with Crippen LogP contribution in [0.3, 0.4) is 0 Å². The third-order valence-corrected chi connectivity index (χ3v) is 6.35. The zero-order chi connectivity index (χ0) is 23.7. The molecular weight excluding hydrogens is 423 g/mol. The molecule has 3 aromatic rings. The van der Waals surface area contributed by atoms with Crippen LogP contribution in [0, 0.1) is 33.5 Å². The van der Waals surface area contributed by atoms with Crippen molar-refractivity contribution in [2.75, 3.05) is 13.2 Å².